The highest BCUT2D eigenvalue weighted by molar-refractivity contribution is 5.84. The summed E-state index contributed by atoms with van der Waals surface area (Å²) in [5.74, 6) is -0.806. The molecule has 1 amide bonds. The van der Waals surface area contributed by atoms with Crippen LogP contribution in [0.3, 0.4) is 0 Å². The van der Waals surface area contributed by atoms with Crippen molar-refractivity contribution in [3.63, 3.8) is 0 Å². The Morgan fingerprint density at radius 1 is 1.21 bits per heavy atom. The van der Waals surface area contributed by atoms with Crippen LogP contribution in [-0.2, 0) is 16.1 Å². The van der Waals surface area contributed by atoms with E-state index in [4.69, 9.17) is 9.47 Å². The summed E-state index contributed by atoms with van der Waals surface area (Å²) in [6.07, 6.45) is 2.98. The van der Waals surface area contributed by atoms with E-state index < -0.39 is 17.8 Å². The molecule has 0 radical (unpaired) electrons. The number of aliphatic carboxylic acids is 1. The quantitative estimate of drug-likeness (QED) is 0.800. The van der Waals surface area contributed by atoms with Gasteiger partial charge in [-0.3, -0.25) is 9.59 Å². The normalized spacial score (nSPS) is 20.2. The third kappa shape index (κ3) is 4.40. The smallest absolute Gasteiger partial charge is 0.307 e. The summed E-state index contributed by atoms with van der Waals surface area (Å²) in [6, 6.07) is 5.49. The Balaban J connectivity index is 1.99. The van der Waals surface area contributed by atoms with Crippen molar-refractivity contribution in [2.45, 2.75) is 39.2 Å². The maximum atomic E-state index is 12.4. The topological polar surface area (TPSA) is 84.9 Å². The number of methoxy groups -OCH3 is 1. The first-order chi connectivity index (χ1) is 11.6. The molecule has 1 aliphatic rings. The molecule has 0 heterocycles. The van der Waals surface area contributed by atoms with Crippen LogP contribution in [-0.4, -0.2) is 30.7 Å². The van der Waals surface area contributed by atoms with Crippen LogP contribution in [0.2, 0.25) is 0 Å². The number of benzene rings is 1. The number of carboxylic acid groups (broad SMARTS) is 1. The zero-order valence-electron chi connectivity index (χ0n) is 14.2. The molecule has 0 saturated heterocycles. The molecule has 24 heavy (non-hydrogen) atoms. The lowest BCUT2D eigenvalue weighted by atomic mass is 9.78. The van der Waals surface area contributed by atoms with Crippen molar-refractivity contribution in [3.05, 3.63) is 23.8 Å². The van der Waals surface area contributed by atoms with Gasteiger partial charge in [-0.1, -0.05) is 18.9 Å². The molecule has 0 unspecified atom stereocenters. The first-order valence-electron chi connectivity index (χ1n) is 8.37. The van der Waals surface area contributed by atoms with Crippen molar-refractivity contribution in [2.24, 2.45) is 11.8 Å². The Bertz CT molecular complexity index is 587. The number of amides is 1. The van der Waals surface area contributed by atoms with Crippen LogP contribution in [0.25, 0.3) is 0 Å². The van der Waals surface area contributed by atoms with E-state index in [1.54, 1.807) is 7.11 Å². The highest BCUT2D eigenvalue weighted by Crippen LogP contribution is 2.31. The fraction of sp³-hybridized carbons (Fsp3) is 0.556. The van der Waals surface area contributed by atoms with Crippen molar-refractivity contribution < 1.29 is 24.2 Å². The Hall–Kier alpha value is -2.24. The summed E-state index contributed by atoms with van der Waals surface area (Å²) in [7, 11) is 1.57. The maximum absolute atomic E-state index is 12.4. The van der Waals surface area contributed by atoms with Crippen molar-refractivity contribution >= 4 is 11.9 Å². The Labute approximate surface area is 142 Å². The fourth-order valence-corrected chi connectivity index (χ4v) is 3.16. The number of ether oxygens (including phenoxy) is 2. The standard InChI is InChI=1S/C18H25NO5/c1-3-24-15-9-8-12(10-16(15)23-2)11-19-17(20)13-6-4-5-7-14(13)18(21)22/h8-10,13-14H,3-7,11H2,1-2H3,(H,19,20)(H,21,22)/t13-,14-/m1/s1. The van der Waals surface area contributed by atoms with E-state index in [1.807, 2.05) is 25.1 Å². The number of carboxylic acids is 1. The predicted octanol–water partition coefficient (Wildman–Crippen LogP) is 2.60. The zero-order chi connectivity index (χ0) is 17.5. The second-order valence-corrected chi connectivity index (χ2v) is 5.97. The Morgan fingerprint density at radius 3 is 2.54 bits per heavy atom. The molecule has 1 aromatic rings. The first-order valence-corrected chi connectivity index (χ1v) is 8.37. The summed E-state index contributed by atoms with van der Waals surface area (Å²) in [5, 5.41) is 12.1. The molecule has 0 aliphatic heterocycles. The average Bonchev–Trinajstić information content (AvgIpc) is 2.60. The van der Waals surface area contributed by atoms with Gasteiger partial charge in [0.05, 0.1) is 25.6 Å². The van der Waals surface area contributed by atoms with Crippen molar-refractivity contribution in [2.75, 3.05) is 13.7 Å². The zero-order valence-corrected chi connectivity index (χ0v) is 14.2. The van der Waals surface area contributed by atoms with Crippen LogP contribution >= 0.6 is 0 Å². The van der Waals surface area contributed by atoms with Gasteiger partial charge < -0.3 is 19.9 Å². The molecular formula is C18H25NO5. The molecule has 2 atom stereocenters. The van der Waals surface area contributed by atoms with E-state index in [0.29, 0.717) is 37.5 Å². The van der Waals surface area contributed by atoms with Gasteiger partial charge in [0.25, 0.3) is 0 Å². The highest BCUT2D eigenvalue weighted by atomic mass is 16.5. The van der Waals surface area contributed by atoms with Crippen LogP contribution in [0.4, 0.5) is 0 Å². The number of rotatable bonds is 7. The van der Waals surface area contributed by atoms with Crippen molar-refractivity contribution in [1.29, 1.82) is 0 Å². The number of carbonyl (C=O) groups excluding carboxylic acids is 1. The molecule has 6 nitrogen and oxygen atoms in total. The van der Waals surface area contributed by atoms with Gasteiger partial charge in [0.1, 0.15) is 0 Å². The lowest BCUT2D eigenvalue weighted by Gasteiger charge is -2.27. The van der Waals surface area contributed by atoms with Gasteiger partial charge in [0, 0.05) is 6.54 Å². The molecule has 1 aliphatic carbocycles. The van der Waals surface area contributed by atoms with Crippen LogP contribution in [0.5, 0.6) is 11.5 Å². The van der Waals surface area contributed by atoms with E-state index in [0.717, 1.165) is 18.4 Å². The molecule has 1 fully saturated rings. The van der Waals surface area contributed by atoms with E-state index >= 15 is 0 Å². The Morgan fingerprint density at radius 2 is 1.92 bits per heavy atom. The Kier molecular flexibility index (Phi) is 6.46. The van der Waals surface area contributed by atoms with E-state index in [2.05, 4.69) is 5.32 Å². The molecule has 1 aromatic carbocycles. The van der Waals surface area contributed by atoms with Gasteiger partial charge in [-0.2, -0.15) is 0 Å². The van der Waals surface area contributed by atoms with Gasteiger partial charge in [0.15, 0.2) is 11.5 Å². The molecule has 1 saturated carbocycles. The van der Waals surface area contributed by atoms with Crippen LogP contribution in [0.15, 0.2) is 18.2 Å². The number of hydrogen-bond acceptors (Lipinski definition) is 4. The minimum Gasteiger partial charge on any atom is -0.493 e. The second-order valence-electron chi connectivity index (χ2n) is 5.97. The van der Waals surface area contributed by atoms with Crippen LogP contribution < -0.4 is 14.8 Å². The molecule has 132 valence electrons. The number of nitrogens with one attached hydrogen (secondary N) is 1. The maximum Gasteiger partial charge on any atom is 0.307 e. The summed E-state index contributed by atoms with van der Waals surface area (Å²) >= 11 is 0. The molecule has 0 bridgehead atoms. The van der Waals surface area contributed by atoms with E-state index in [9.17, 15) is 14.7 Å². The van der Waals surface area contributed by atoms with E-state index in [1.165, 1.54) is 0 Å². The lowest BCUT2D eigenvalue weighted by Crippen LogP contribution is -2.39. The average molecular weight is 335 g/mol. The SMILES string of the molecule is CCOc1ccc(CNC(=O)[C@@H]2CCCC[C@H]2C(=O)O)cc1OC. The number of hydrogen-bond donors (Lipinski definition) is 2. The van der Waals surface area contributed by atoms with Gasteiger partial charge in [0.2, 0.25) is 5.91 Å². The van der Waals surface area contributed by atoms with Crippen LogP contribution in [0.1, 0.15) is 38.2 Å². The summed E-state index contributed by atoms with van der Waals surface area (Å²) in [5.41, 5.74) is 0.881. The van der Waals surface area contributed by atoms with Gasteiger partial charge in [-0.25, -0.2) is 0 Å². The minimum atomic E-state index is -0.877. The van der Waals surface area contributed by atoms with E-state index in [-0.39, 0.29) is 5.91 Å². The summed E-state index contributed by atoms with van der Waals surface area (Å²) in [4.78, 5) is 23.7. The lowest BCUT2D eigenvalue weighted by molar-refractivity contribution is -0.148. The third-order valence-electron chi connectivity index (χ3n) is 4.41. The molecule has 0 spiro atoms. The van der Waals surface area contributed by atoms with Crippen molar-refractivity contribution in [1.82, 2.24) is 5.32 Å². The molecule has 2 N–H and O–H groups in total. The second kappa shape index (κ2) is 8.57. The highest BCUT2D eigenvalue weighted by Gasteiger charge is 2.35. The summed E-state index contributed by atoms with van der Waals surface area (Å²) in [6.45, 7) is 2.78. The third-order valence-corrected chi connectivity index (χ3v) is 4.41. The predicted molar refractivity (Wildman–Crippen MR) is 89.1 cm³/mol. The van der Waals surface area contributed by atoms with Gasteiger partial charge in [-0.15, -0.1) is 0 Å². The largest absolute Gasteiger partial charge is 0.493 e. The monoisotopic (exact) mass is 335 g/mol. The van der Waals surface area contributed by atoms with Crippen molar-refractivity contribution in [3.8, 4) is 11.5 Å². The fourth-order valence-electron chi connectivity index (χ4n) is 3.16. The molecular weight excluding hydrogens is 310 g/mol. The molecule has 6 heteroatoms. The molecule has 2 rings (SSSR count). The van der Waals surface area contributed by atoms with Crippen LogP contribution in [0, 0.1) is 11.8 Å². The summed E-state index contributed by atoms with van der Waals surface area (Å²) < 4.78 is 10.8. The van der Waals surface area contributed by atoms with Gasteiger partial charge >= 0.3 is 5.97 Å². The van der Waals surface area contributed by atoms with Gasteiger partial charge in [-0.05, 0) is 37.5 Å². The number of carbonyl (C=O) groups is 2. The minimum absolute atomic E-state index is 0.185. The molecule has 0 aromatic heterocycles. The first kappa shape index (κ1) is 18.1.